The molecule has 0 amide bonds. The summed E-state index contributed by atoms with van der Waals surface area (Å²) in [5.74, 6) is -0.228. The molecule has 0 saturated heterocycles. The van der Waals surface area contributed by atoms with Gasteiger partial charge in [0.05, 0.1) is 6.10 Å². The van der Waals surface area contributed by atoms with Gasteiger partial charge < -0.3 is 21.5 Å². The topological polar surface area (TPSA) is 98.3 Å². The zero-order valence-electron chi connectivity index (χ0n) is 17.3. The van der Waals surface area contributed by atoms with Gasteiger partial charge in [-0.25, -0.2) is 18.8 Å². The first kappa shape index (κ1) is 21.3. The predicted octanol–water partition coefficient (Wildman–Crippen LogP) is 3.16. The van der Waals surface area contributed by atoms with Gasteiger partial charge in [-0.15, -0.1) is 0 Å². The maximum Gasteiger partial charge on any atom is 0.210 e. The number of aliphatic hydroxyl groups is 1. The average molecular weight is 431 g/mol. The zero-order valence-corrected chi connectivity index (χ0v) is 17.3. The number of anilines is 1. The number of nitrogens with one attached hydrogen (secondary N) is 2. The van der Waals surface area contributed by atoms with E-state index in [2.05, 4.69) is 27.2 Å². The minimum absolute atomic E-state index is 0.0582. The molecule has 2 fully saturated rings. The van der Waals surface area contributed by atoms with E-state index in [-0.39, 0.29) is 23.8 Å². The molecule has 2 aliphatic carbocycles. The third-order valence-corrected chi connectivity index (χ3v) is 6.02. The number of aliphatic hydroxyl groups excluding tert-OH is 1. The normalized spacial score (nSPS) is 26.7. The monoisotopic (exact) mass is 430 g/mol. The molecule has 1 aromatic rings. The Bertz CT molecular complexity index is 912. The highest BCUT2D eigenvalue weighted by Crippen LogP contribution is 2.30. The highest BCUT2D eigenvalue weighted by atomic mass is 19.1. The molecule has 7 nitrogen and oxygen atoms in total. The van der Waals surface area contributed by atoms with E-state index in [1.165, 1.54) is 30.8 Å². The molecule has 0 spiro atoms. The van der Waals surface area contributed by atoms with E-state index < -0.39 is 11.6 Å². The van der Waals surface area contributed by atoms with Crippen molar-refractivity contribution < 1.29 is 13.9 Å². The van der Waals surface area contributed by atoms with Crippen LogP contribution in [0.4, 0.5) is 14.5 Å². The summed E-state index contributed by atoms with van der Waals surface area (Å²) in [6.45, 7) is 4.01. The fourth-order valence-corrected chi connectivity index (χ4v) is 4.09. The number of para-hydroxylation sites is 1. The lowest BCUT2D eigenvalue weighted by molar-refractivity contribution is 0.109. The van der Waals surface area contributed by atoms with Gasteiger partial charge in [0.1, 0.15) is 28.8 Å². The van der Waals surface area contributed by atoms with Crippen molar-refractivity contribution in [3.05, 3.63) is 54.1 Å². The Morgan fingerprint density at radius 2 is 1.87 bits per heavy atom. The highest BCUT2D eigenvalue weighted by Gasteiger charge is 2.37. The van der Waals surface area contributed by atoms with Crippen molar-refractivity contribution >= 4 is 17.5 Å². The van der Waals surface area contributed by atoms with Crippen LogP contribution >= 0.6 is 0 Å². The maximum absolute atomic E-state index is 14.3. The van der Waals surface area contributed by atoms with Gasteiger partial charge in [-0.2, -0.15) is 0 Å². The van der Waals surface area contributed by atoms with Gasteiger partial charge in [-0.1, -0.05) is 12.6 Å². The van der Waals surface area contributed by atoms with Crippen molar-refractivity contribution in [1.29, 1.82) is 0 Å². The molecule has 0 radical (unpaired) electrons. The van der Waals surface area contributed by atoms with Gasteiger partial charge in [0.15, 0.2) is 5.84 Å². The Labute approximate surface area is 180 Å². The van der Waals surface area contributed by atoms with Crippen molar-refractivity contribution in [1.82, 2.24) is 10.2 Å². The summed E-state index contributed by atoms with van der Waals surface area (Å²) in [5.41, 5.74) is 5.93. The molecule has 9 heteroatoms. The van der Waals surface area contributed by atoms with E-state index >= 15 is 0 Å². The quantitative estimate of drug-likeness (QED) is 0.575. The number of aliphatic imine (C=N–C) groups is 2. The second kappa shape index (κ2) is 9.05. The molecule has 1 aromatic carbocycles. The summed E-state index contributed by atoms with van der Waals surface area (Å²) in [5, 5.41) is 16.0. The summed E-state index contributed by atoms with van der Waals surface area (Å²) in [4.78, 5) is 10.9. The first-order valence-electron chi connectivity index (χ1n) is 10.7. The summed E-state index contributed by atoms with van der Waals surface area (Å²) in [7, 11) is 0. The number of hydrogen-bond donors (Lipinski definition) is 4. The van der Waals surface area contributed by atoms with E-state index in [1.54, 1.807) is 0 Å². The fraction of sp³-hybridized carbons (Fsp3) is 0.455. The molecule has 1 heterocycles. The van der Waals surface area contributed by atoms with Crippen LogP contribution in [0.15, 0.2) is 52.5 Å². The molecule has 4 rings (SSSR count). The van der Waals surface area contributed by atoms with Crippen molar-refractivity contribution in [3.8, 4) is 0 Å². The maximum atomic E-state index is 14.3. The van der Waals surface area contributed by atoms with Crippen LogP contribution in [0, 0.1) is 11.6 Å². The highest BCUT2D eigenvalue weighted by molar-refractivity contribution is 6.18. The van der Waals surface area contributed by atoms with Crippen LogP contribution in [0.3, 0.4) is 0 Å². The second-order valence-corrected chi connectivity index (χ2v) is 8.20. The Balaban J connectivity index is 1.66. The molecule has 0 unspecified atom stereocenters. The average Bonchev–Trinajstić information content (AvgIpc) is 3.05. The Morgan fingerprint density at radius 1 is 1.19 bits per heavy atom. The molecule has 0 aromatic heterocycles. The van der Waals surface area contributed by atoms with Crippen molar-refractivity contribution in [3.63, 3.8) is 0 Å². The molecule has 3 aliphatic rings. The van der Waals surface area contributed by atoms with Gasteiger partial charge in [0, 0.05) is 18.3 Å². The molecule has 5 N–H and O–H groups in total. The van der Waals surface area contributed by atoms with Crippen LogP contribution in [0.25, 0.3) is 0 Å². The van der Waals surface area contributed by atoms with Crippen molar-refractivity contribution in [2.45, 2.75) is 63.1 Å². The van der Waals surface area contributed by atoms with E-state index in [9.17, 15) is 13.9 Å². The lowest BCUT2D eigenvalue weighted by atomic mass is 9.92. The van der Waals surface area contributed by atoms with Crippen LogP contribution in [0.2, 0.25) is 0 Å². The third-order valence-electron chi connectivity index (χ3n) is 6.02. The second-order valence-electron chi connectivity index (χ2n) is 8.20. The number of halogens is 2. The van der Waals surface area contributed by atoms with Gasteiger partial charge >= 0.3 is 0 Å². The van der Waals surface area contributed by atoms with E-state index in [4.69, 9.17) is 5.73 Å². The first-order chi connectivity index (χ1) is 15.0. The Hall–Kier alpha value is -2.94. The summed E-state index contributed by atoms with van der Waals surface area (Å²) < 4.78 is 28.6. The number of nitrogens with zero attached hydrogens (tertiary/aromatic N) is 3. The summed E-state index contributed by atoms with van der Waals surface area (Å²) in [6.07, 6.45) is 6.91. The first-order valence-corrected chi connectivity index (χ1v) is 10.7. The van der Waals surface area contributed by atoms with Crippen molar-refractivity contribution in [2.24, 2.45) is 15.7 Å². The minimum Gasteiger partial charge on any atom is -0.403 e. The van der Waals surface area contributed by atoms with Crippen LogP contribution < -0.4 is 16.4 Å². The van der Waals surface area contributed by atoms with Gasteiger partial charge in [-0.3, -0.25) is 4.90 Å². The predicted molar refractivity (Wildman–Crippen MR) is 117 cm³/mol. The standard InChI is InChI=1S/C22H28F2N6O/c1-13(26-14-4-2-5-14)27-21-19(12-25)28-22(29-20-17(23)6-3-7-18(20)24)30(21)15-8-10-16(31)11-9-15/h3,6-7,12,14-16,26,31H,1-2,4-5,8-11,25H2,(H,28,29)/b19-12+,27-21+/t15-,16+. The van der Waals surface area contributed by atoms with Crippen LogP contribution in [-0.2, 0) is 0 Å². The lowest BCUT2D eigenvalue weighted by Gasteiger charge is -2.35. The fourth-order valence-electron chi connectivity index (χ4n) is 4.09. The molecule has 31 heavy (non-hydrogen) atoms. The molecule has 0 bridgehead atoms. The molecule has 166 valence electrons. The third kappa shape index (κ3) is 4.56. The lowest BCUT2D eigenvalue weighted by Crippen LogP contribution is -2.47. The number of nitrogens with two attached hydrogens (primary N) is 1. The molecular formula is C22H28F2N6O. The smallest absolute Gasteiger partial charge is 0.210 e. The Kier molecular flexibility index (Phi) is 6.22. The van der Waals surface area contributed by atoms with Crippen LogP contribution in [0.1, 0.15) is 44.9 Å². The van der Waals surface area contributed by atoms with Crippen LogP contribution in [0.5, 0.6) is 0 Å². The van der Waals surface area contributed by atoms with Crippen LogP contribution in [-0.4, -0.2) is 40.0 Å². The van der Waals surface area contributed by atoms with Crippen molar-refractivity contribution in [2.75, 3.05) is 5.32 Å². The van der Waals surface area contributed by atoms with E-state index in [0.717, 1.165) is 12.8 Å². The number of amidine groups is 1. The van der Waals surface area contributed by atoms with Gasteiger partial charge in [-0.05, 0) is 57.1 Å². The number of rotatable bonds is 5. The van der Waals surface area contributed by atoms with Gasteiger partial charge in [0.25, 0.3) is 0 Å². The van der Waals surface area contributed by atoms with E-state index in [1.807, 2.05) is 4.90 Å². The number of hydrogen-bond acceptors (Lipinski definition) is 6. The molecule has 0 atom stereocenters. The minimum atomic E-state index is -0.721. The zero-order chi connectivity index (χ0) is 22.0. The largest absolute Gasteiger partial charge is 0.403 e. The molecule has 2 saturated carbocycles. The SMILES string of the molecule is C=C(/N=C1\C(=C/N)N=C(Nc2c(F)cccc2F)N1[C@H]1CC[C@@H](O)CC1)NC1CCC1. The molecular weight excluding hydrogens is 402 g/mol. The summed E-state index contributed by atoms with van der Waals surface area (Å²) in [6, 6.07) is 3.97. The number of benzene rings is 1. The Morgan fingerprint density at radius 3 is 2.45 bits per heavy atom. The van der Waals surface area contributed by atoms with E-state index in [0.29, 0.717) is 49.1 Å². The molecule has 1 aliphatic heterocycles. The van der Waals surface area contributed by atoms with Gasteiger partial charge in [0.2, 0.25) is 5.96 Å². The summed E-state index contributed by atoms with van der Waals surface area (Å²) >= 11 is 0. The number of guanidine groups is 1.